The smallest absolute Gasteiger partial charge is 0.247 e. The molecule has 0 amide bonds. The van der Waals surface area contributed by atoms with Crippen LogP contribution in [0.5, 0.6) is 0 Å². The van der Waals surface area contributed by atoms with Crippen molar-refractivity contribution in [2.75, 3.05) is 6.54 Å². The highest BCUT2D eigenvalue weighted by Crippen LogP contribution is 2.30. The van der Waals surface area contributed by atoms with Gasteiger partial charge in [0.1, 0.15) is 10.7 Å². The number of fused-ring (bicyclic) bond motifs is 1. The molecule has 4 heterocycles. The summed E-state index contributed by atoms with van der Waals surface area (Å²) in [4.78, 5) is 8.84. The fraction of sp³-hybridized carbons (Fsp3) is 0.353. The summed E-state index contributed by atoms with van der Waals surface area (Å²) in [6.07, 6.45) is 3.84. The monoisotopic (exact) mass is 373 g/mol. The van der Waals surface area contributed by atoms with E-state index < -0.39 is 10.0 Å². The number of nitrogens with zero attached hydrogens (tertiary/aromatic N) is 5. The van der Waals surface area contributed by atoms with Crippen LogP contribution in [-0.2, 0) is 30.0 Å². The maximum atomic E-state index is 13.1. The van der Waals surface area contributed by atoms with Gasteiger partial charge in [-0.15, -0.1) is 0 Å². The second-order valence-corrected chi connectivity index (χ2v) is 8.22. The lowest BCUT2D eigenvalue weighted by atomic mass is 10.2. The van der Waals surface area contributed by atoms with Gasteiger partial charge in [-0.25, -0.2) is 13.4 Å². The predicted molar refractivity (Wildman–Crippen MR) is 93.7 cm³/mol. The van der Waals surface area contributed by atoms with Gasteiger partial charge in [-0.1, -0.05) is 0 Å². The number of oxazole rings is 1. The molecule has 3 aromatic heterocycles. The number of pyridine rings is 1. The van der Waals surface area contributed by atoms with Gasteiger partial charge < -0.3 is 4.42 Å². The standard InChI is InChI=1S/C17H19N5O3S/c1-11-16(12(2)21(3)20-11)26(23,24)22-8-6-15-14(10-22)19-17(25-15)13-5-4-7-18-9-13/h4-5,7,9H,6,8,10H2,1-3H3. The molecule has 0 fully saturated rings. The molecular formula is C17H19N5O3S. The van der Waals surface area contributed by atoms with Gasteiger partial charge in [0.25, 0.3) is 0 Å². The summed E-state index contributed by atoms with van der Waals surface area (Å²) in [6.45, 7) is 4.02. The van der Waals surface area contributed by atoms with E-state index in [9.17, 15) is 8.42 Å². The van der Waals surface area contributed by atoms with Crippen molar-refractivity contribution in [2.24, 2.45) is 7.05 Å². The zero-order chi connectivity index (χ0) is 18.5. The molecule has 3 aromatic rings. The van der Waals surface area contributed by atoms with Crippen LogP contribution >= 0.6 is 0 Å². The van der Waals surface area contributed by atoms with Gasteiger partial charge in [-0.05, 0) is 26.0 Å². The van der Waals surface area contributed by atoms with Crippen LogP contribution in [0.15, 0.2) is 33.8 Å². The molecule has 0 spiro atoms. The van der Waals surface area contributed by atoms with Gasteiger partial charge in [0.15, 0.2) is 0 Å². The second kappa shape index (κ2) is 6.03. The topological polar surface area (TPSA) is 94.1 Å². The molecule has 0 aliphatic carbocycles. The number of hydrogen-bond donors (Lipinski definition) is 0. The van der Waals surface area contributed by atoms with Crippen LogP contribution in [0.25, 0.3) is 11.5 Å². The van der Waals surface area contributed by atoms with Crippen LogP contribution < -0.4 is 0 Å². The third-order valence-corrected chi connectivity index (χ3v) is 6.74. The summed E-state index contributed by atoms with van der Waals surface area (Å²) in [5, 5.41) is 4.23. The van der Waals surface area contributed by atoms with Gasteiger partial charge in [-0.3, -0.25) is 9.67 Å². The van der Waals surface area contributed by atoms with Gasteiger partial charge in [-0.2, -0.15) is 9.40 Å². The lowest BCUT2D eigenvalue weighted by Gasteiger charge is -2.24. The Morgan fingerprint density at radius 3 is 2.73 bits per heavy atom. The highest BCUT2D eigenvalue weighted by atomic mass is 32.2. The van der Waals surface area contributed by atoms with E-state index in [1.54, 1.807) is 38.0 Å². The molecule has 1 aliphatic heterocycles. The zero-order valence-corrected chi connectivity index (χ0v) is 15.6. The molecule has 0 saturated heterocycles. The maximum absolute atomic E-state index is 13.1. The van der Waals surface area contributed by atoms with E-state index in [0.29, 0.717) is 35.9 Å². The van der Waals surface area contributed by atoms with E-state index in [0.717, 1.165) is 11.3 Å². The van der Waals surface area contributed by atoms with Crippen molar-refractivity contribution in [3.05, 3.63) is 47.4 Å². The third kappa shape index (κ3) is 2.63. The first-order valence-corrected chi connectivity index (χ1v) is 9.71. The Hall–Kier alpha value is -2.52. The lowest BCUT2D eigenvalue weighted by Crippen LogP contribution is -2.36. The molecule has 0 bridgehead atoms. The highest BCUT2D eigenvalue weighted by Gasteiger charge is 2.34. The molecule has 4 rings (SSSR count). The summed E-state index contributed by atoms with van der Waals surface area (Å²) in [5.74, 6) is 1.20. The molecule has 0 radical (unpaired) electrons. The van der Waals surface area contributed by atoms with Gasteiger partial charge in [0, 0.05) is 32.4 Å². The van der Waals surface area contributed by atoms with Crippen LogP contribution in [0, 0.1) is 13.8 Å². The lowest BCUT2D eigenvalue weighted by molar-refractivity contribution is 0.362. The Morgan fingerprint density at radius 1 is 1.27 bits per heavy atom. The van der Waals surface area contributed by atoms with E-state index in [4.69, 9.17) is 4.42 Å². The number of rotatable bonds is 3. The second-order valence-electron chi connectivity index (χ2n) is 6.34. The van der Waals surface area contributed by atoms with E-state index >= 15 is 0 Å². The average Bonchev–Trinajstić information content (AvgIpc) is 3.16. The summed E-state index contributed by atoms with van der Waals surface area (Å²) in [5.41, 5.74) is 2.56. The van der Waals surface area contributed by atoms with Crippen molar-refractivity contribution in [2.45, 2.75) is 31.7 Å². The number of aryl methyl sites for hydroxylation is 2. The molecule has 136 valence electrons. The minimum absolute atomic E-state index is 0.190. The van der Waals surface area contributed by atoms with Crippen LogP contribution in [-0.4, -0.2) is 39.0 Å². The quantitative estimate of drug-likeness (QED) is 0.695. The molecule has 9 heteroatoms. The van der Waals surface area contributed by atoms with E-state index in [1.165, 1.54) is 4.31 Å². The van der Waals surface area contributed by atoms with E-state index in [-0.39, 0.29) is 11.4 Å². The molecule has 1 aliphatic rings. The molecule has 0 unspecified atom stereocenters. The molecule has 8 nitrogen and oxygen atoms in total. The van der Waals surface area contributed by atoms with Gasteiger partial charge in [0.05, 0.1) is 29.2 Å². The fourth-order valence-electron chi connectivity index (χ4n) is 3.25. The largest absolute Gasteiger partial charge is 0.441 e. The first-order chi connectivity index (χ1) is 12.4. The Kier molecular flexibility index (Phi) is 3.92. The Bertz CT molecular complexity index is 1070. The average molecular weight is 373 g/mol. The molecular weight excluding hydrogens is 354 g/mol. The van der Waals surface area contributed by atoms with Crippen LogP contribution in [0.3, 0.4) is 0 Å². The Labute approximate surface area is 151 Å². The summed E-state index contributed by atoms with van der Waals surface area (Å²) in [7, 11) is -1.90. The first-order valence-electron chi connectivity index (χ1n) is 8.27. The predicted octanol–water partition coefficient (Wildman–Crippen LogP) is 1.83. The Balaban J connectivity index is 1.67. The molecule has 0 N–H and O–H groups in total. The van der Waals surface area contributed by atoms with E-state index in [2.05, 4.69) is 15.1 Å². The zero-order valence-electron chi connectivity index (χ0n) is 14.8. The van der Waals surface area contributed by atoms with Crippen molar-refractivity contribution in [1.82, 2.24) is 24.1 Å². The third-order valence-electron chi connectivity index (χ3n) is 4.64. The maximum Gasteiger partial charge on any atom is 0.247 e. The number of aromatic nitrogens is 4. The molecule has 0 atom stereocenters. The highest BCUT2D eigenvalue weighted by molar-refractivity contribution is 7.89. The normalized spacial score (nSPS) is 15.2. The fourth-order valence-corrected chi connectivity index (χ4v) is 5.05. The van der Waals surface area contributed by atoms with Crippen molar-refractivity contribution in [3.8, 4) is 11.5 Å². The summed E-state index contributed by atoms with van der Waals surface area (Å²) >= 11 is 0. The van der Waals surface area contributed by atoms with Gasteiger partial charge in [0.2, 0.25) is 15.9 Å². The first kappa shape index (κ1) is 16.9. The minimum atomic E-state index is -3.64. The van der Waals surface area contributed by atoms with Crippen LogP contribution in [0.4, 0.5) is 0 Å². The van der Waals surface area contributed by atoms with Gasteiger partial charge >= 0.3 is 0 Å². The molecule has 0 saturated carbocycles. The minimum Gasteiger partial charge on any atom is -0.441 e. The molecule has 0 aromatic carbocycles. The van der Waals surface area contributed by atoms with Crippen molar-refractivity contribution in [1.29, 1.82) is 0 Å². The number of sulfonamides is 1. The SMILES string of the molecule is Cc1nn(C)c(C)c1S(=O)(=O)N1CCc2oc(-c3cccnc3)nc2C1. The van der Waals surface area contributed by atoms with E-state index in [1.807, 2.05) is 12.1 Å². The number of hydrogen-bond acceptors (Lipinski definition) is 6. The Morgan fingerprint density at radius 2 is 2.08 bits per heavy atom. The van der Waals surface area contributed by atoms with Crippen molar-refractivity contribution in [3.63, 3.8) is 0 Å². The van der Waals surface area contributed by atoms with Crippen LogP contribution in [0.2, 0.25) is 0 Å². The van der Waals surface area contributed by atoms with Crippen LogP contribution in [0.1, 0.15) is 22.8 Å². The van der Waals surface area contributed by atoms with Crippen molar-refractivity contribution >= 4 is 10.0 Å². The summed E-state index contributed by atoms with van der Waals surface area (Å²) < 4.78 is 35.1. The molecule has 26 heavy (non-hydrogen) atoms. The van der Waals surface area contributed by atoms with Crippen molar-refractivity contribution < 1.29 is 12.8 Å². The summed E-state index contributed by atoms with van der Waals surface area (Å²) in [6, 6.07) is 3.67.